The molecule has 2 aromatic heterocycles. The molecule has 45 heavy (non-hydrogen) atoms. The Balaban J connectivity index is 1.41. The first-order chi connectivity index (χ1) is 21.8. The van der Waals surface area contributed by atoms with Gasteiger partial charge < -0.3 is 10.1 Å². The first kappa shape index (κ1) is 30.8. The maximum Gasteiger partial charge on any atom is 0.411 e. The number of tetrazole rings is 1. The van der Waals surface area contributed by atoms with Gasteiger partial charge in [0, 0.05) is 22.3 Å². The summed E-state index contributed by atoms with van der Waals surface area (Å²) in [6, 6.07) is 18.7. The highest BCUT2D eigenvalue weighted by Crippen LogP contribution is 2.24. The minimum absolute atomic E-state index is 0.311. The van der Waals surface area contributed by atoms with E-state index in [1.807, 2.05) is 0 Å². The monoisotopic (exact) mass is 628 g/mol. The van der Waals surface area contributed by atoms with Crippen LogP contribution in [-0.2, 0) is 16.0 Å². The van der Waals surface area contributed by atoms with Crippen molar-refractivity contribution in [2.75, 3.05) is 12.4 Å². The number of hydrogen-bond donors (Lipinski definition) is 3. The summed E-state index contributed by atoms with van der Waals surface area (Å²) in [6.45, 7) is 0. The van der Waals surface area contributed by atoms with Crippen molar-refractivity contribution in [1.82, 2.24) is 35.7 Å². The quantitative estimate of drug-likeness (QED) is 0.185. The Labute approximate surface area is 260 Å². The molecule has 3 N–H and O–H groups in total. The van der Waals surface area contributed by atoms with Gasteiger partial charge in [0.05, 0.1) is 30.1 Å². The van der Waals surface area contributed by atoms with Crippen LogP contribution < -0.4 is 16.2 Å². The van der Waals surface area contributed by atoms with Crippen molar-refractivity contribution in [2.45, 2.75) is 18.9 Å². The summed E-state index contributed by atoms with van der Waals surface area (Å²) in [5.74, 6) is -0.787. The Kier molecular flexibility index (Phi) is 9.70. The Morgan fingerprint density at radius 2 is 1.87 bits per heavy atom. The standard InChI is InChI=1S/C31H26ClFN8O4/c1-45-31(44)35-24-11-5-20(6-12-24)25-17-27(37-38-30(25)43)26(13-4-19-2-9-23(33)10-3-19)36-29(42)15-7-21-16-22(32)8-14-28(21)41-18-34-39-40-41/h2-3,5-12,14-18,26H,4,13H2,1H3,(H,35,44)(H,36,42)(H,38,43)/b15-7+/t26-/m0/s1. The topological polar surface area (TPSA) is 157 Å². The number of ether oxygens (including phenoxy) is 1. The fraction of sp³-hybridized carbons (Fsp3) is 0.129. The van der Waals surface area contributed by atoms with Gasteiger partial charge in [-0.15, -0.1) is 5.10 Å². The molecule has 0 aliphatic carbocycles. The van der Waals surface area contributed by atoms with Gasteiger partial charge in [-0.25, -0.2) is 14.3 Å². The lowest BCUT2D eigenvalue weighted by atomic mass is 10.00. The van der Waals surface area contributed by atoms with Crippen molar-refractivity contribution < 1.29 is 18.7 Å². The maximum atomic E-state index is 13.5. The number of methoxy groups -OCH3 is 1. The van der Waals surface area contributed by atoms with Crippen LogP contribution in [0.3, 0.4) is 0 Å². The normalized spacial score (nSPS) is 11.7. The first-order valence-corrected chi connectivity index (χ1v) is 14.0. The molecule has 228 valence electrons. The summed E-state index contributed by atoms with van der Waals surface area (Å²) in [7, 11) is 1.26. The fourth-order valence-corrected chi connectivity index (χ4v) is 4.68. The van der Waals surface area contributed by atoms with Crippen LogP contribution in [0, 0.1) is 5.82 Å². The average Bonchev–Trinajstić information content (AvgIpc) is 3.58. The number of carbonyl (C=O) groups is 2. The number of aromatic nitrogens is 6. The number of amides is 2. The molecule has 0 aliphatic rings. The molecule has 0 radical (unpaired) electrons. The van der Waals surface area contributed by atoms with Crippen molar-refractivity contribution in [3.05, 3.63) is 123 Å². The smallest absolute Gasteiger partial charge is 0.411 e. The molecule has 0 fully saturated rings. The van der Waals surface area contributed by atoms with Crippen LogP contribution in [-0.4, -0.2) is 49.5 Å². The maximum absolute atomic E-state index is 13.5. The molecule has 0 unspecified atom stereocenters. The van der Waals surface area contributed by atoms with Crippen molar-refractivity contribution in [3.63, 3.8) is 0 Å². The second kappa shape index (κ2) is 14.2. The summed E-state index contributed by atoms with van der Waals surface area (Å²) in [5, 5.41) is 24.0. The lowest BCUT2D eigenvalue weighted by molar-refractivity contribution is -0.117. The van der Waals surface area contributed by atoms with E-state index in [-0.39, 0.29) is 5.82 Å². The second-order valence-corrected chi connectivity index (χ2v) is 10.2. The van der Waals surface area contributed by atoms with Crippen molar-refractivity contribution in [2.24, 2.45) is 0 Å². The molecular weight excluding hydrogens is 603 g/mol. The fourth-order valence-electron chi connectivity index (χ4n) is 4.50. The van der Waals surface area contributed by atoms with Gasteiger partial charge in [0.1, 0.15) is 12.1 Å². The van der Waals surface area contributed by atoms with E-state index >= 15 is 0 Å². The number of halogens is 2. The molecular formula is C31H26ClFN8O4. The zero-order valence-electron chi connectivity index (χ0n) is 23.8. The SMILES string of the molecule is COC(=O)Nc1ccc(-c2cc([C@H](CCc3ccc(F)cc3)NC(=O)/C=C/c3cc(Cl)ccc3-n3cnnn3)n[nH]c2=O)cc1. The van der Waals surface area contributed by atoms with Crippen LogP contribution in [0.15, 0.2) is 90.0 Å². The molecule has 0 bridgehead atoms. The van der Waals surface area contributed by atoms with E-state index in [1.54, 1.807) is 66.7 Å². The van der Waals surface area contributed by atoms with E-state index in [9.17, 15) is 18.8 Å². The minimum Gasteiger partial charge on any atom is -0.453 e. The van der Waals surface area contributed by atoms with E-state index in [0.29, 0.717) is 51.6 Å². The molecule has 12 nitrogen and oxygen atoms in total. The first-order valence-electron chi connectivity index (χ1n) is 13.6. The molecule has 0 saturated heterocycles. The van der Waals surface area contributed by atoms with Crippen LogP contribution >= 0.6 is 11.6 Å². The van der Waals surface area contributed by atoms with E-state index in [1.165, 1.54) is 36.3 Å². The van der Waals surface area contributed by atoms with Gasteiger partial charge in [-0.05, 0) is 89.0 Å². The molecule has 2 heterocycles. The molecule has 3 aromatic carbocycles. The summed E-state index contributed by atoms with van der Waals surface area (Å²) >= 11 is 6.20. The highest BCUT2D eigenvalue weighted by molar-refractivity contribution is 6.30. The van der Waals surface area contributed by atoms with Gasteiger partial charge in [-0.1, -0.05) is 35.9 Å². The minimum atomic E-state index is -0.638. The molecule has 0 aliphatic heterocycles. The Bertz CT molecular complexity index is 1880. The molecule has 0 saturated carbocycles. The Hall–Kier alpha value is -5.69. The summed E-state index contributed by atoms with van der Waals surface area (Å²) in [5.41, 5.74) is 3.39. The number of nitrogens with one attached hydrogen (secondary N) is 3. The van der Waals surface area contributed by atoms with Crippen LogP contribution in [0.25, 0.3) is 22.9 Å². The van der Waals surface area contributed by atoms with Gasteiger partial charge in [0.15, 0.2) is 0 Å². The Morgan fingerprint density at radius 3 is 2.58 bits per heavy atom. The predicted molar refractivity (Wildman–Crippen MR) is 165 cm³/mol. The number of rotatable bonds is 10. The Morgan fingerprint density at radius 1 is 1.09 bits per heavy atom. The largest absolute Gasteiger partial charge is 0.453 e. The molecule has 14 heteroatoms. The van der Waals surface area contributed by atoms with E-state index in [2.05, 4.69) is 41.1 Å². The zero-order chi connectivity index (χ0) is 31.8. The third-order valence-corrected chi connectivity index (χ3v) is 6.99. The van der Waals surface area contributed by atoms with E-state index in [0.717, 1.165) is 5.56 Å². The van der Waals surface area contributed by atoms with Gasteiger partial charge in [0.2, 0.25) is 5.91 Å². The number of anilines is 1. The van der Waals surface area contributed by atoms with E-state index < -0.39 is 23.6 Å². The lowest BCUT2D eigenvalue weighted by Gasteiger charge is -2.18. The molecule has 5 rings (SSSR count). The molecule has 1 atom stereocenters. The predicted octanol–water partition coefficient (Wildman–Crippen LogP) is 4.89. The van der Waals surface area contributed by atoms with Gasteiger partial charge in [0.25, 0.3) is 5.56 Å². The third-order valence-electron chi connectivity index (χ3n) is 6.76. The molecule has 5 aromatic rings. The number of H-pyrrole nitrogens is 1. The van der Waals surface area contributed by atoms with E-state index in [4.69, 9.17) is 11.6 Å². The summed E-state index contributed by atoms with van der Waals surface area (Å²) in [6.07, 6.45) is 4.61. The van der Waals surface area contributed by atoms with Gasteiger partial charge in [-0.3, -0.25) is 14.9 Å². The van der Waals surface area contributed by atoms with Gasteiger partial charge in [-0.2, -0.15) is 9.78 Å². The zero-order valence-corrected chi connectivity index (χ0v) is 24.5. The number of aromatic amines is 1. The van der Waals surface area contributed by atoms with Crippen LogP contribution in [0.4, 0.5) is 14.9 Å². The van der Waals surface area contributed by atoms with Crippen molar-refractivity contribution >= 4 is 35.4 Å². The summed E-state index contributed by atoms with van der Waals surface area (Å²) in [4.78, 5) is 37.5. The van der Waals surface area contributed by atoms with Crippen LogP contribution in [0.5, 0.6) is 0 Å². The second-order valence-electron chi connectivity index (χ2n) is 9.75. The van der Waals surface area contributed by atoms with Crippen molar-refractivity contribution in [3.8, 4) is 16.8 Å². The number of nitrogens with zero attached hydrogens (tertiary/aromatic N) is 5. The highest BCUT2D eigenvalue weighted by atomic mass is 35.5. The number of hydrogen-bond acceptors (Lipinski definition) is 8. The third kappa shape index (κ3) is 8.03. The number of benzene rings is 3. The number of carbonyl (C=O) groups excluding carboxylic acids is 2. The van der Waals surface area contributed by atoms with Crippen molar-refractivity contribution in [1.29, 1.82) is 0 Å². The van der Waals surface area contributed by atoms with Gasteiger partial charge >= 0.3 is 6.09 Å². The molecule has 2 amide bonds. The van der Waals surface area contributed by atoms with Crippen LogP contribution in [0.2, 0.25) is 5.02 Å². The van der Waals surface area contributed by atoms with Crippen LogP contribution in [0.1, 0.15) is 29.3 Å². The molecule has 0 spiro atoms. The summed E-state index contributed by atoms with van der Waals surface area (Å²) < 4.78 is 19.5. The number of aryl methyl sites for hydroxylation is 1. The average molecular weight is 629 g/mol. The highest BCUT2D eigenvalue weighted by Gasteiger charge is 2.18. The lowest BCUT2D eigenvalue weighted by Crippen LogP contribution is -2.29.